The predicted molar refractivity (Wildman–Crippen MR) is 137 cm³/mol. The summed E-state index contributed by atoms with van der Waals surface area (Å²) in [7, 11) is 0. The zero-order valence-corrected chi connectivity index (χ0v) is 21.6. The number of carbonyl (C=O) groups is 3. The number of hydrogen-bond acceptors (Lipinski definition) is 6. The second-order valence-electron chi connectivity index (χ2n) is 9.75. The highest BCUT2D eigenvalue weighted by Gasteiger charge is 2.44. The fourth-order valence-corrected chi connectivity index (χ4v) is 4.96. The molecule has 2 aliphatic heterocycles. The molecular weight excluding hydrogens is 531 g/mol. The molecule has 2 amide bonds. The molecule has 0 saturated carbocycles. The van der Waals surface area contributed by atoms with Crippen LogP contribution < -0.4 is 10.1 Å². The molecule has 5 rings (SSSR count). The number of furan rings is 1. The van der Waals surface area contributed by atoms with Crippen molar-refractivity contribution in [2.24, 2.45) is 0 Å². The van der Waals surface area contributed by atoms with Gasteiger partial charge in [-0.3, -0.25) is 14.6 Å². The van der Waals surface area contributed by atoms with E-state index in [9.17, 15) is 22.8 Å². The number of alkyl halides is 3. The number of carboxylic acid groups (broad SMARTS) is 1. The summed E-state index contributed by atoms with van der Waals surface area (Å²) in [6.45, 7) is 3.07. The normalized spacial score (nSPS) is 17.6. The lowest BCUT2D eigenvalue weighted by Crippen LogP contribution is -2.52. The van der Waals surface area contributed by atoms with E-state index in [0.29, 0.717) is 43.8 Å². The molecule has 9 nitrogen and oxygen atoms in total. The SMILES string of the molecule is Cc1ccoc1C(=O)N1CCC2(CC1)CC(CC(=O)Nc1cccnc1)c1ccccc1O2.O=C(O)C(F)(F)F. The molecule has 1 spiro atoms. The van der Waals surface area contributed by atoms with Crippen molar-refractivity contribution in [1.82, 2.24) is 9.88 Å². The number of aliphatic carboxylic acids is 1. The van der Waals surface area contributed by atoms with Gasteiger partial charge in [0.05, 0.1) is 18.1 Å². The summed E-state index contributed by atoms with van der Waals surface area (Å²) in [5, 5.41) is 10.1. The van der Waals surface area contributed by atoms with E-state index < -0.39 is 12.1 Å². The number of aromatic nitrogens is 1. The molecular formula is C28H28F3N3O6. The van der Waals surface area contributed by atoms with E-state index in [2.05, 4.69) is 10.3 Å². The number of nitrogens with zero attached hydrogens (tertiary/aromatic N) is 2. The number of piperidine rings is 1. The number of halogens is 3. The summed E-state index contributed by atoms with van der Waals surface area (Å²) in [4.78, 5) is 40.5. The minimum atomic E-state index is -5.08. The fourth-order valence-electron chi connectivity index (χ4n) is 4.96. The van der Waals surface area contributed by atoms with Gasteiger partial charge in [-0.05, 0) is 43.2 Å². The van der Waals surface area contributed by atoms with E-state index in [4.69, 9.17) is 19.1 Å². The Hall–Kier alpha value is -4.35. The maximum Gasteiger partial charge on any atom is 0.490 e. The van der Waals surface area contributed by atoms with Crippen LogP contribution in [0.1, 0.15) is 53.3 Å². The van der Waals surface area contributed by atoms with Crippen LogP contribution in [0.15, 0.2) is 65.5 Å². The Morgan fingerprint density at radius 3 is 2.42 bits per heavy atom. The summed E-state index contributed by atoms with van der Waals surface area (Å²) < 4.78 is 43.7. The molecule has 12 heteroatoms. The molecule has 40 heavy (non-hydrogen) atoms. The second kappa shape index (κ2) is 11.8. The van der Waals surface area contributed by atoms with E-state index in [1.165, 1.54) is 0 Å². The summed E-state index contributed by atoms with van der Waals surface area (Å²) in [5.74, 6) is -1.58. The van der Waals surface area contributed by atoms with Gasteiger partial charge in [0, 0.05) is 50.0 Å². The van der Waals surface area contributed by atoms with Gasteiger partial charge in [-0.15, -0.1) is 0 Å². The number of likely N-dealkylation sites (tertiary alicyclic amines) is 1. The van der Waals surface area contributed by atoms with E-state index >= 15 is 0 Å². The Bertz CT molecular complexity index is 1350. The highest BCUT2D eigenvalue weighted by molar-refractivity contribution is 5.93. The van der Waals surface area contributed by atoms with Gasteiger partial charge < -0.3 is 24.5 Å². The Morgan fingerprint density at radius 2 is 1.82 bits per heavy atom. The number of benzene rings is 1. The zero-order chi connectivity index (χ0) is 28.9. The third kappa shape index (κ3) is 6.80. The number of hydrogen-bond donors (Lipinski definition) is 2. The summed E-state index contributed by atoms with van der Waals surface area (Å²) >= 11 is 0. The molecule has 1 atom stereocenters. The van der Waals surface area contributed by atoms with Crippen molar-refractivity contribution < 1.29 is 41.8 Å². The highest BCUT2D eigenvalue weighted by atomic mass is 19.4. The van der Waals surface area contributed by atoms with Crippen LogP contribution in [0.3, 0.4) is 0 Å². The third-order valence-corrected chi connectivity index (χ3v) is 6.94. The van der Waals surface area contributed by atoms with Crippen LogP contribution in [0.5, 0.6) is 5.75 Å². The van der Waals surface area contributed by atoms with Crippen LogP contribution in [-0.2, 0) is 9.59 Å². The average molecular weight is 560 g/mol. The van der Waals surface area contributed by atoms with Crippen LogP contribution >= 0.6 is 0 Å². The fraction of sp³-hybridized carbons (Fsp3) is 0.357. The molecule has 2 aliphatic rings. The molecule has 1 unspecified atom stereocenters. The lowest BCUT2D eigenvalue weighted by molar-refractivity contribution is -0.192. The first-order valence-electron chi connectivity index (χ1n) is 12.6. The van der Waals surface area contributed by atoms with Crippen molar-refractivity contribution >= 4 is 23.5 Å². The van der Waals surface area contributed by atoms with Crippen LogP contribution in [0.2, 0.25) is 0 Å². The molecule has 3 aromatic rings. The average Bonchev–Trinajstić information content (AvgIpc) is 3.35. The van der Waals surface area contributed by atoms with Crippen LogP contribution in [0.4, 0.5) is 18.9 Å². The smallest absolute Gasteiger partial charge is 0.487 e. The van der Waals surface area contributed by atoms with Crippen molar-refractivity contribution in [3.05, 3.63) is 78.0 Å². The standard InChI is InChI=1S/C26H27N3O4.C2HF3O2/c1-18-8-14-32-24(18)25(31)29-12-9-26(10-13-29)16-19(21-6-2-3-7-22(21)33-26)15-23(30)28-20-5-4-11-27-17-20;3-2(4,5)1(6)7/h2-8,11,14,17,19H,9-10,12-13,15-16H2,1H3,(H,28,30);(H,6,7). The van der Waals surface area contributed by atoms with Crippen molar-refractivity contribution in [3.63, 3.8) is 0 Å². The van der Waals surface area contributed by atoms with Gasteiger partial charge in [0.2, 0.25) is 5.91 Å². The van der Waals surface area contributed by atoms with Crippen molar-refractivity contribution in [1.29, 1.82) is 0 Å². The van der Waals surface area contributed by atoms with Crippen LogP contribution in [0.25, 0.3) is 0 Å². The first-order chi connectivity index (χ1) is 19.0. The van der Waals surface area contributed by atoms with E-state index in [0.717, 1.165) is 23.3 Å². The van der Waals surface area contributed by atoms with Gasteiger partial charge in [0.15, 0.2) is 5.76 Å². The number of para-hydroxylation sites is 1. The van der Waals surface area contributed by atoms with E-state index in [1.807, 2.05) is 42.2 Å². The van der Waals surface area contributed by atoms with Gasteiger partial charge in [-0.25, -0.2) is 4.79 Å². The van der Waals surface area contributed by atoms with Gasteiger partial charge in [-0.1, -0.05) is 18.2 Å². The number of aryl methyl sites for hydroxylation is 1. The molecule has 2 N–H and O–H groups in total. The van der Waals surface area contributed by atoms with Crippen molar-refractivity contribution in [2.45, 2.75) is 50.3 Å². The first-order valence-corrected chi connectivity index (χ1v) is 12.6. The molecule has 0 aliphatic carbocycles. The Balaban J connectivity index is 0.000000470. The number of carboxylic acids is 1. The number of nitrogens with one attached hydrogen (secondary N) is 1. The lowest BCUT2D eigenvalue weighted by Gasteiger charge is -2.46. The van der Waals surface area contributed by atoms with Crippen LogP contribution in [-0.4, -0.2) is 57.6 Å². The number of rotatable bonds is 4. The van der Waals surface area contributed by atoms with Gasteiger partial charge in [0.25, 0.3) is 5.91 Å². The largest absolute Gasteiger partial charge is 0.490 e. The maximum atomic E-state index is 12.9. The number of fused-ring (bicyclic) bond motifs is 1. The lowest BCUT2D eigenvalue weighted by atomic mass is 9.76. The number of anilines is 1. The molecule has 1 fully saturated rings. The molecule has 1 aromatic carbocycles. The summed E-state index contributed by atoms with van der Waals surface area (Å²) in [6.07, 6.45) is 2.33. The van der Waals surface area contributed by atoms with Gasteiger partial charge >= 0.3 is 12.1 Å². The maximum absolute atomic E-state index is 12.9. The summed E-state index contributed by atoms with van der Waals surface area (Å²) in [5.41, 5.74) is 2.22. The second-order valence-corrected chi connectivity index (χ2v) is 9.75. The molecule has 4 heterocycles. The Labute approximate surface area is 227 Å². The number of pyridine rings is 1. The minimum absolute atomic E-state index is 0.0410. The molecule has 0 bridgehead atoms. The quantitative estimate of drug-likeness (QED) is 0.451. The molecule has 212 valence electrons. The minimum Gasteiger partial charge on any atom is -0.487 e. The van der Waals surface area contributed by atoms with Gasteiger partial charge in [0.1, 0.15) is 11.4 Å². The van der Waals surface area contributed by atoms with E-state index in [-0.39, 0.29) is 23.3 Å². The van der Waals surface area contributed by atoms with Crippen molar-refractivity contribution in [3.8, 4) is 5.75 Å². The molecule has 0 radical (unpaired) electrons. The number of amides is 2. The topological polar surface area (TPSA) is 122 Å². The first kappa shape index (κ1) is 28.7. The number of ether oxygens (including phenoxy) is 1. The Morgan fingerprint density at radius 1 is 1.12 bits per heavy atom. The van der Waals surface area contributed by atoms with Crippen LogP contribution in [0, 0.1) is 6.92 Å². The zero-order valence-electron chi connectivity index (χ0n) is 21.6. The summed E-state index contributed by atoms with van der Waals surface area (Å²) in [6, 6.07) is 13.4. The molecule has 2 aromatic heterocycles. The molecule has 1 saturated heterocycles. The predicted octanol–water partition coefficient (Wildman–Crippen LogP) is 5.19. The van der Waals surface area contributed by atoms with E-state index in [1.54, 1.807) is 30.8 Å². The van der Waals surface area contributed by atoms with Gasteiger partial charge in [-0.2, -0.15) is 13.2 Å². The highest BCUT2D eigenvalue weighted by Crippen LogP contribution is 2.46. The number of carbonyl (C=O) groups excluding carboxylic acids is 2. The monoisotopic (exact) mass is 559 g/mol. The third-order valence-electron chi connectivity index (χ3n) is 6.94. The van der Waals surface area contributed by atoms with Crippen molar-refractivity contribution in [2.75, 3.05) is 18.4 Å². The Kier molecular flexibility index (Phi) is 8.46.